The van der Waals surface area contributed by atoms with Gasteiger partial charge in [0.15, 0.2) is 5.69 Å². The Morgan fingerprint density at radius 2 is 1.45 bits per heavy atom. The predicted octanol–water partition coefficient (Wildman–Crippen LogP) is 2.23. The van der Waals surface area contributed by atoms with E-state index >= 15 is 0 Å². The summed E-state index contributed by atoms with van der Waals surface area (Å²) in [4.78, 5) is 42.4. The number of carbonyl (C=O) groups excluding carboxylic acids is 3. The smallest absolute Gasteiger partial charge is 0.239 e. The number of para-hydroxylation sites is 2. The summed E-state index contributed by atoms with van der Waals surface area (Å²) in [5, 5.41) is 20.3. The van der Waals surface area contributed by atoms with Crippen LogP contribution in [-0.2, 0) is 19.8 Å². The molecular formula is C26H20N2O5. The number of hydrogen-bond acceptors (Lipinski definition) is 5. The van der Waals surface area contributed by atoms with Crippen molar-refractivity contribution < 1.29 is 24.8 Å². The van der Waals surface area contributed by atoms with Crippen LogP contribution < -0.4 is 10.1 Å². The molecule has 3 aromatic carbocycles. The van der Waals surface area contributed by atoms with Crippen molar-refractivity contribution in [2.24, 2.45) is 11.8 Å². The predicted molar refractivity (Wildman–Crippen MR) is 118 cm³/mol. The molecule has 1 heterocycles. The van der Waals surface area contributed by atoms with Crippen LogP contribution in [0.4, 0.5) is 11.4 Å². The van der Waals surface area contributed by atoms with Gasteiger partial charge in [-0.15, -0.1) is 0 Å². The van der Waals surface area contributed by atoms with Crippen LogP contribution in [0.15, 0.2) is 72.8 Å². The average molecular weight is 440 g/mol. The van der Waals surface area contributed by atoms with Gasteiger partial charge in [-0.05, 0) is 35.2 Å². The molecule has 0 radical (unpaired) electrons. The molecule has 7 nitrogen and oxygen atoms in total. The normalized spacial score (nSPS) is 27.7. The van der Waals surface area contributed by atoms with Crippen molar-refractivity contribution in [3.05, 3.63) is 100 Å². The second kappa shape index (κ2) is 6.68. The van der Waals surface area contributed by atoms with E-state index in [1.807, 2.05) is 48.5 Å². The van der Waals surface area contributed by atoms with Crippen LogP contribution in [0, 0.1) is 17.0 Å². The summed E-state index contributed by atoms with van der Waals surface area (Å²) in [6.45, 7) is 1.47. The Morgan fingerprint density at radius 3 is 2.03 bits per heavy atom. The fourth-order valence-electron chi connectivity index (χ4n) is 6.46. The highest BCUT2D eigenvalue weighted by Crippen LogP contribution is 2.64. The molecule has 1 aliphatic heterocycles. The van der Waals surface area contributed by atoms with Gasteiger partial charge in [-0.1, -0.05) is 60.7 Å². The third-order valence-corrected chi connectivity index (χ3v) is 7.55. The number of imide groups is 1. The number of hydrogen-bond donors (Lipinski definition) is 2. The Bertz CT molecular complexity index is 1320. The van der Waals surface area contributed by atoms with Crippen molar-refractivity contribution in [1.29, 1.82) is 0 Å². The fourth-order valence-corrected chi connectivity index (χ4v) is 6.46. The van der Waals surface area contributed by atoms with E-state index in [0.717, 1.165) is 27.2 Å². The van der Waals surface area contributed by atoms with Crippen LogP contribution in [0.5, 0.6) is 0 Å². The number of rotatable bonds is 3. The molecule has 4 aliphatic rings. The molecule has 3 aromatic rings. The Balaban J connectivity index is 1.66. The zero-order valence-corrected chi connectivity index (χ0v) is 17.7. The topological polar surface area (TPSA) is 102 Å². The quantitative estimate of drug-likeness (QED) is 0.480. The van der Waals surface area contributed by atoms with Crippen LogP contribution in [0.25, 0.3) is 0 Å². The number of quaternary nitrogens is 1. The van der Waals surface area contributed by atoms with Crippen LogP contribution in [0.3, 0.4) is 0 Å². The third kappa shape index (κ3) is 2.26. The highest BCUT2D eigenvalue weighted by Gasteiger charge is 2.70. The van der Waals surface area contributed by atoms with Gasteiger partial charge in [0.25, 0.3) is 0 Å². The standard InChI is InChI=1S/C26H20N2O5/c1-14(29)26-17-10-4-2-8-15(17)21(16-9-3-5-11-18(16)26)22-23(26)25(31)27(24(22)30)19-12-6-7-13-20(19)28(32)33/h2-13,21-23,28,32H,1H3/t21?,22-,23+,26?/m0/s1. The molecule has 3 atom stereocenters. The maximum absolute atomic E-state index is 14.0. The van der Waals surface area contributed by atoms with Gasteiger partial charge >= 0.3 is 0 Å². The first kappa shape index (κ1) is 20.0. The van der Waals surface area contributed by atoms with E-state index in [9.17, 15) is 24.8 Å². The molecule has 1 unspecified atom stereocenters. The minimum absolute atomic E-state index is 0.0422. The van der Waals surface area contributed by atoms with Gasteiger partial charge < -0.3 is 5.21 Å². The zero-order chi connectivity index (χ0) is 23.1. The largest absolute Gasteiger partial charge is 0.595 e. The summed E-state index contributed by atoms with van der Waals surface area (Å²) in [5.41, 5.74) is 1.89. The molecule has 33 heavy (non-hydrogen) atoms. The number of nitrogens with one attached hydrogen (secondary N) is 1. The Hall–Kier alpha value is -3.65. The number of Topliss-reactive ketones (excluding diaryl/α,β-unsaturated/α-hetero) is 1. The van der Waals surface area contributed by atoms with Crippen LogP contribution in [0.1, 0.15) is 35.1 Å². The average Bonchev–Trinajstić information content (AvgIpc) is 3.09. The molecule has 2 amide bonds. The van der Waals surface area contributed by atoms with Crippen molar-refractivity contribution in [1.82, 2.24) is 0 Å². The SMILES string of the molecule is CC(=O)C12c3ccccc3C(c3ccccc31)[C@@H]1C(=O)N(c3ccccc3[NH+]([O-])O)C(=O)[C@@H]12. The summed E-state index contributed by atoms with van der Waals surface area (Å²) in [6.07, 6.45) is 0. The molecular weight excluding hydrogens is 420 g/mol. The minimum atomic E-state index is -1.30. The number of anilines is 1. The van der Waals surface area contributed by atoms with E-state index in [2.05, 4.69) is 0 Å². The van der Waals surface area contributed by atoms with Crippen molar-refractivity contribution in [2.75, 3.05) is 4.90 Å². The summed E-state index contributed by atoms with van der Waals surface area (Å²) < 4.78 is 0. The molecule has 0 saturated carbocycles. The molecule has 1 fully saturated rings. The molecule has 2 bridgehead atoms. The maximum Gasteiger partial charge on any atom is 0.239 e. The fraction of sp³-hybridized carbons (Fsp3) is 0.192. The number of benzene rings is 3. The van der Waals surface area contributed by atoms with E-state index < -0.39 is 34.3 Å². The number of amides is 2. The first-order valence-electron chi connectivity index (χ1n) is 10.8. The van der Waals surface area contributed by atoms with E-state index in [4.69, 9.17) is 0 Å². The molecule has 2 N–H and O–H groups in total. The van der Waals surface area contributed by atoms with Gasteiger partial charge in [-0.3, -0.25) is 14.4 Å². The van der Waals surface area contributed by atoms with Crippen molar-refractivity contribution in [3.8, 4) is 0 Å². The molecule has 0 aromatic heterocycles. The van der Waals surface area contributed by atoms with E-state index in [1.165, 1.54) is 19.1 Å². The lowest BCUT2D eigenvalue weighted by Crippen LogP contribution is -2.99. The van der Waals surface area contributed by atoms with Gasteiger partial charge in [0, 0.05) is 12.0 Å². The first-order chi connectivity index (χ1) is 15.9. The second-order valence-electron chi connectivity index (χ2n) is 8.85. The molecule has 7 rings (SSSR count). The lowest BCUT2D eigenvalue weighted by molar-refractivity contribution is -0.990. The third-order valence-electron chi connectivity index (χ3n) is 7.55. The summed E-state index contributed by atoms with van der Waals surface area (Å²) in [6, 6.07) is 21.1. The second-order valence-corrected chi connectivity index (χ2v) is 8.85. The van der Waals surface area contributed by atoms with Crippen molar-refractivity contribution in [2.45, 2.75) is 18.3 Å². The van der Waals surface area contributed by atoms with E-state index in [-0.39, 0.29) is 23.1 Å². The molecule has 0 spiro atoms. The summed E-state index contributed by atoms with van der Waals surface area (Å²) in [7, 11) is 0. The van der Waals surface area contributed by atoms with Gasteiger partial charge in [-0.2, -0.15) is 5.23 Å². The van der Waals surface area contributed by atoms with Crippen molar-refractivity contribution >= 4 is 29.0 Å². The Kier molecular flexibility index (Phi) is 4.05. The van der Waals surface area contributed by atoms with E-state index in [1.54, 1.807) is 12.1 Å². The maximum atomic E-state index is 14.0. The Labute approximate surface area is 189 Å². The summed E-state index contributed by atoms with van der Waals surface area (Å²) >= 11 is 0. The van der Waals surface area contributed by atoms with Gasteiger partial charge in [0.1, 0.15) is 11.5 Å². The Morgan fingerprint density at radius 1 is 0.909 bits per heavy atom. The van der Waals surface area contributed by atoms with Gasteiger partial charge in [0.2, 0.25) is 11.8 Å². The highest BCUT2D eigenvalue weighted by atomic mass is 16.8. The van der Waals surface area contributed by atoms with Gasteiger partial charge in [-0.25, -0.2) is 10.1 Å². The highest BCUT2D eigenvalue weighted by molar-refractivity contribution is 6.26. The first-order valence-corrected chi connectivity index (χ1v) is 10.8. The molecule has 164 valence electrons. The number of carbonyl (C=O) groups is 3. The number of nitrogens with zero attached hydrogens (tertiary/aromatic N) is 1. The lowest BCUT2D eigenvalue weighted by Gasteiger charge is -2.52. The minimum Gasteiger partial charge on any atom is -0.595 e. The van der Waals surface area contributed by atoms with Crippen molar-refractivity contribution in [3.63, 3.8) is 0 Å². The number of ketones is 1. The zero-order valence-electron chi connectivity index (χ0n) is 17.7. The van der Waals surface area contributed by atoms with Gasteiger partial charge in [0.05, 0.1) is 17.3 Å². The molecule has 3 aliphatic carbocycles. The summed E-state index contributed by atoms with van der Waals surface area (Å²) in [5.74, 6) is -3.29. The van der Waals surface area contributed by atoms with Crippen LogP contribution in [0.2, 0.25) is 0 Å². The molecule has 7 heteroatoms. The van der Waals surface area contributed by atoms with Crippen LogP contribution in [-0.4, -0.2) is 22.8 Å². The van der Waals surface area contributed by atoms with Crippen LogP contribution >= 0.6 is 0 Å². The molecule has 1 saturated heterocycles. The monoisotopic (exact) mass is 440 g/mol. The van der Waals surface area contributed by atoms with E-state index in [0.29, 0.717) is 0 Å². The lowest BCUT2D eigenvalue weighted by atomic mass is 9.46.